The van der Waals surface area contributed by atoms with E-state index in [2.05, 4.69) is 17.4 Å². The van der Waals surface area contributed by atoms with Gasteiger partial charge in [-0.05, 0) is 49.9 Å². The van der Waals surface area contributed by atoms with Crippen LogP contribution in [0.1, 0.15) is 51.4 Å². The molecular formula is C15H28N4. The van der Waals surface area contributed by atoms with Crippen LogP contribution in [0.2, 0.25) is 0 Å². The van der Waals surface area contributed by atoms with Gasteiger partial charge in [0.15, 0.2) is 0 Å². The maximum absolute atomic E-state index is 5.68. The first-order valence-electron chi connectivity index (χ1n) is 8.02. The molecule has 0 aromatic rings. The largest absolute Gasteiger partial charge is 0.345 e. The number of aliphatic imine (C=N–C) groups is 1. The molecule has 0 amide bonds. The average Bonchev–Trinajstić information content (AvgIpc) is 3.13. The van der Waals surface area contributed by atoms with E-state index in [1.807, 2.05) is 0 Å². The summed E-state index contributed by atoms with van der Waals surface area (Å²) in [6, 6.07) is 0.494. The molecule has 0 saturated heterocycles. The molecule has 4 nitrogen and oxygen atoms in total. The number of guanidine groups is 1. The summed E-state index contributed by atoms with van der Waals surface area (Å²) in [6.45, 7) is 1.12. The molecule has 3 N–H and O–H groups in total. The van der Waals surface area contributed by atoms with Gasteiger partial charge in [-0.15, -0.1) is 0 Å². The predicted molar refractivity (Wildman–Crippen MR) is 78.6 cm³/mol. The fourth-order valence-corrected chi connectivity index (χ4v) is 4.49. The number of hydrogen-bond donors (Lipinski definition) is 2. The molecule has 3 rings (SSSR count). The summed E-state index contributed by atoms with van der Waals surface area (Å²) in [7, 11) is 2.14. The minimum atomic E-state index is 0.494. The van der Waals surface area contributed by atoms with Gasteiger partial charge >= 0.3 is 0 Å². The highest BCUT2D eigenvalue weighted by molar-refractivity contribution is 5.79. The summed E-state index contributed by atoms with van der Waals surface area (Å²) in [5.74, 6) is 9.43. The van der Waals surface area contributed by atoms with E-state index in [-0.39, 0.29) is 0 Å². The highest BCUT2D eigenvalue weighted by Gasteiger charge is 2.39. The second-order valence-electron chi connectivity index (χ2n) is 6.85. The Morgan fingerprint density at radius 3 is 2.58 bits per heavy atom. The molecule has 0 spiro atoms. The molecule has 0 heterocycles. The number of rotatable bonds is 3. The van der Waals surface area contributed by atoms with E-state index in [1.54, 1.807) is 0 Å². The van der Waals surface area contributed by atoms with Gasteiger partial charge in [-0.1, -0.05) is 19.3 Å². The standard InChI is InChI=1S/C15H28N4/c1-19(10-13-9-11-6-7-12(13)8-11)15(18-16)17-14-4-2-3-5-14/h11-14H,2-10,16H2,1H3,(H,17,18). The quantitative estimate of drug-likeness (QED) is 0.355. The third kappa shape index (κ3) is 2.88. The van der Waals surface area contributed by atoms with E-state index in [9.17, 15) is 0 Å². The van der Waals surface area contributed by atoms with Gasteiger partial charge in [0.2, 0.25) is 5.96 Å². The monoisotopic (exact) mass is 264 g/mol. The Bertz CT molecular complexity index is 335. The molecule has 2 bridgehead atoms. The number of nitrogens with one attached hydrogen (secondary N) is 1. The van der Waals surface area contributed by atoms with Crippen molar-refractivity contribution in [1.82, 2.24) is 10.3 Å². The molecule has 3 aliphatic carbocycles. The SMILES string of the molecule is CN(CC1CC2CCC1C2)C(=NC1CCCC1)NN. The summed E-state index contributed by atoms with van der Waals surface area (Å²) >= 11 is 0. The van der Waals surface area contributed by atoms with Crippen molar-refractivity contribution in [1.29, 1.82) is 0 Å². The van der Waals surface area contributed by atoms with Gasteiger partial charge in [-0.2, -0.15) is 0 Å². The number of nitrogens with zero attached hydrogens (tertiary/aromatic N) is 2. The van der Waals surface area contributed by atoms with Crippen molar-refractivity contribution < 1.29 is 0 Å². The summed E-state index contributed by atoms with van der Waals surface area (Å²) in [4.78, 5) is 7.06. The van der Waals surface area contributed by atoms with Crippen LogP contribution < -0.4 is 11.3 Å². The molecule has 3 aliphatic rings. The Kier molecular flexibility index (Phi) is 3.96. The molecule has 3 saturated carbocycles. The van der Waals surface area contributed by atoms with E-state index >= 15 is 0 Å². The van der Waals surface area contributed by atoms with Crippen LogP contribution in [-0.2, 0) is 0 Å². The Morgan fingerprint density at radius 2 is 2.00 bits per heavy atom. The zero-order valence-electron chi connectivity index (χ0n) is 12.1. The lowest BCUT2D eigenvalue weighted by Gasteiger charge is -2.29. The van der Waals surface area contributed by atoms with E-state index in [0.29, 0.717) is 6.04 Å². The smallest absolute Gasteiger partial charge is 0.208 e. The molecule has 19 heavy (non-hydrogen) atoms. The van der Waals surface area contributed by atoms with Gasteiger partial charge in [0, 0.05) is 13.6 Å². The fourth-order valence-electron chi connectivity index (χ4n) is 4.49. The van der Waals surface area contributed by atoms with Gasteiger partial charge < -0.3 is 4.90 Å². The fraction of sp³-hybridized carbons (Fsp3) is 0.933. The van der Waals surface area contributed by atoms with Crippen LogP contribution in [0.4, 0.5) is 0 Å². The van der Waals surface area contributed by atoms with Crippen molar-refractivity contribution in [2.24, 2.45) is 28.6 Å². The minimum absolute atomic E-state index is 0.494. The van der Waals surface area contributed by atoms with Crippen molar-refractivity contribution in [3.8, 4) is 0 Å². The summed E-state index contributed by atoms with van der Waals surface area (Å²) in [5.41, 5.74) is 2.82. The lowest BCUT2D eigenvalue weighted by molar-refractivity contribution is 0.272. The first kappa shape index (κ1) is 13.2. The van der Waals surface area contributed by atoms with Crippen LogP contribution in [-0.4, -0.2) is 30.5 Å². The summed E-state index contributed by atoms with van der Waals surface area (Å²) < 4.78 is 0. The molecule has 0 aromatic heterocycles. The maximum Gasteiger partial charge on any atom is 0.208 e. The highest BCUT2D eigenvalue weighted by Crippen LogP contribution is 2.48. The summed E-state index contributed by atoms with van der Waals surface area (Å²) in [6.07, 6.45) is 10.9. The van der Waals surface area contributed by atoms with Crippen molar-refractivity contribution in [2.75, 3.05) is 13.6 Å². The Morgan fingerprint density at radius 1 is 1.21 bits per heavy atom. The minimum Gasteiger partial charge on any atom is -0.345 e. The van der Waals surface area contributed by atoms with E-state index in [1.165, 1.54) is 51.4 Å². The first-order valence-corrected chi connectivity index (χ1v) is 8.02. The number of nitrogens with two attached hydrogens (primary N) is 1. The third-order valence-corrected chi connectivity index (χ3v) is 5.51. The second-order valence-corrected chi connectivity index (χ2v) is 6.85. The number of fused-ring (bicyclic) bond motifs is 2. The zero-order chi connectivity index (χ0) is 13.2. The molecule has 0 aliphatic heterocycles. The van der Waals surface area contributed by atoms with Crippen molar-refractivity contribution in [3.63, 3.8) is 0 Å². The van der Waals surface area contributed by atoms with Crippen LogP contribution in [0, 0.1) is 17.8 Å². The van der Waals surface area contributed by atoms with Crippen molar-refractivity contribution >= 4 is 5.96 Å². The van der Waals surface area contributed by atoms with Crippen LogP contribution >= 0.6 is 0 Å². The topological polar surface area (TPSA) is 53.6 Å². The van der Waals surface area contributed by atoms with Crippen LogP contribution in [0.3, 0.4) is 0 Å². The second kappa shape index (κ2) is 5.70. The molecule has 3 fully saturated rings. The average molecular weight is 264 g/mol. The molecular weight excluding hydrogens is 236 g/mol. The van der Waals surface area contributed by atoms with E-state index in [4.69, 9.17) is 10.8 Å². The highest BCUT2D eigenvalue weighted by atomic mass is 15.4. The number of hydrogen-bond acceptors (Lipinski definition) is 2. The maximum atomic E-state index is 5.68. The lowest BCUT2D eigenvalue weighted by Crippen LogP contribution is -2.45. The molecule has 108 valence electrons. The van der Waals surface area contributed by atoms with Crippen LogP contribution in [0.25, 0.3) is 0 Å². The first-order chi connectivity index (χ1) is 9.26. The van der Waals surface area contributed by atoms with Gasteiger partial charge in [0.05, 0.1) is 6.04 Å². The van der Waals surface area contributed by atoms with Gasteiger partial charge in [0.25, 0.3) is 0 Å². The van der Waals surface area contributed by atoms with Crippen molar-refractivity contribution in [2.45, 2.75) is 57.4 Å². The van der Waals surface area contributed by atoms with E-state index in [0.717, 1.165) is 30.3 Å². The Labute approximate surface area is 116 Å². The third-order valence-electron chi connectivity index (χ3n) is 5.51. The Balaban J connectivity index is 1.56. The van der Waals surface area contributed by atoms with Crippen LogP contribution in [0.5, 0.6) is 0 Å². The van der Waals surface area contributed by atoms with Gasteiger partial charge in [-0.25, -0.2) is 10.8 Å². The molecule has 0 aromatic carbocycles. The predicted octanol–water partition coefficient (Wildman–Crippen LogP) is 2.12. The molecule has 4 heteroatoms. The summed E-state index contributed by atoms with van der Waals surface area (Å²) in [5, 5.41) is 0. The molecule has 0 radical (unpaired) electrons. The molecule has 3 unspecified atom stereocenters. The Hall–Kier alpha value is -0.770. The van der Waals surface area contributed by atoms with Gasteiger partial charge in [-0.3, -0.25) is 5.43 Å². The normalized spacial score (nSPS) is 35.1. The zero-order valence-corrected chi connectivity index (χ0v) is 12.1. The molecule has 3 atom stereocenters. The lowest BCUT2D eigenvalue weighted by atomic mass is 9.88. The van der Waals surface area contributed by atoms with E-state index < -0.39 is 0 Å². The number of hydrazine groups is 1. The van der Waals surface area contributed by atoms with Crippen molar-refractivity contribution in [3.05, 3.63) is 0 Å². The van der Waals surface area contributed by atoms with Gasteiger partial charge in [0.1, 0.15) is 0 Å². The van der Waals surface area contributed by atoms with Crippen LogP contribution in [0.15, 0.2) is 4.99 Å².